The summed E-state index contributed by atoms with van der Waals surface area (Å²) < 4.78 is 58.3. The molecule has 0 aliphatic rings. The largest absolute Gasteiger partial charge is 0.385 e. The minimum atomic E-state index is -5.34. The predicted molar refractivity (Wildman–Crippen MR) is 93.1 cm³/mol. The lowest BCUT2D eigenvalue weighted by Crippen LogP contribution is -2.27. The summed E-state index contributed by atoms with van der Waals surface area (Å²) >= 11 is 0. The van der Waals surface area contributed by atoms with Gasteiger partial charge in [-0.3, -0.25) is 0 Å². The van der Waals surface area contributed by atoms with Crippen LogP contribution in [0.5, 0.6) is 0 Å². The van der Waals surface area contributed by atoms with Gasteiger partial charge in [0, 0.05) is 0 Å². The third-order valence-electron chi connectivity index (χ3n) is 3.66. The molecule has 0 amide bonds. The first kappa shape index (κ1) is 21.1. The molecule has 138 valence electrons. The number of nitrogens with one attached hydrogen (secondary N) is 1. The molecule has 8 heteroatoms. The van der Waals surface area contributed by atoms with E-state index in [0.29, 0.717) is 0 Å². The van der Waals surface area contributed by atoms with Crippen molar-refractivity contribution in [3.05, 3.63) is 29.8 Å². The van der Waals surface area contributed by atoms with Crippen molar-refractivity contribution in [2.75, 3.05) is 0 Å². The fourth-order valence-electron chi connectivity index (χ4n) is 2.59. The van der Waals surface area contributed by atoms with Crippen LogP contribution < -0.4 is 4.13 Å². The summed E-state index contributed by atoms with van der Waals surface area (Å²) in [4.78, 5) is -0.295. The highest BCUT2D eigenvalue weighted by Gasteiger charge is 2.31. The molecular formula is C16H26FNO4S2. The van der Waals surface area contributed by atoms with Gasteiger partial charge in [-0.25, -0.2) is 8.42 Å². The zero-order valence-corrected chi connectivity index (χ0v) is 16.6. The molecule has 1 rings (SSSR count). The molecule has 0 fully saturated rings. The van der Waals surface area contributed by atoms with Crippen molar-refractivity contribution < 1.29 is 20.7 Å². The number of halogens is 1. The molecule has 0 aliphatic carbocycles. The molecule has 1 atom stereocenters. The van der Waals surface area contributed by atoms with Crippen LogP contribution in [0.3, 0.4) is 0 Å². The molecule has 0 aliphatic heterocycles. The quantitative estimate of drug-likeness (QED) is 0.790. The Balaban J connectivity index is 3.21. The summed E-state index contributed by atoms with van der Waals surface area (Å²) in [7, 11) is -9.79. The van der Waals surface area contributed by atoms with E-state index in [1.165, 1.54) is 12.1 Å². The second-order valence-corrected chi connectivity index (χ2v) is 11.3. The topological polar surface area (TPSA) is 80.3 Å². The molecule has 0 saturated carbocycles. The number of rotatable bonds is 5. The van der Waals surface area contributed by atoms with Gasteiger partial charge in [0.2, 0.25) is 0 Å². The van der Waals surface area contributed by atoms with E-state index in [9.17, 15) is 20.7 Å². The number of hydrogen-bond acceptors (Lipinski definition) is 4. The fraction of sp³-hybridized carbons (Fsp3) is 0.625. The van der Waals surface area contributed by atoms with Gasteiger partial charge in [-0.05, 0) is 40.9 Å². The maximum absolute atomic E-state index is 12.6. The predicted octanol–water partition coefficient (Wildman–Crippen LogP) is 3.75. The van der Waals surface area contributed by atoms with E-state index >= 15 is 0 Å². The van der Waals surface area contributed by atoms with Gasteiger partial charge in [-0.1, -0.05) is 61.7 Å². The summed E-state index contributed by atoms with van der Waals surface area (Å²) in [5.74, 6) is 0.187. The molecule has 1 aromatic carbocycles. The van der Waals surface area contributed by atoms with Crippen LogP contribution in [-0.4, -0.2) is 16.8 Å². The first-order chi connectivity index (χ1) is 10.5. The van der Waals surface area contributed by atoms with Crippen molar-refractivity contribution >= 4 is 20.4 Å². The van der Waals surface area contributed by atoms with Gasteiger partial charge in [0.05, 0.1) is 4.90 Å². The van der Waals surface area contributed by atoms with Crippen molar-refractivity contribution in [2.45, 2.75) is 58.8 Å². The molecule has 0 bridgehead atoms. The van der Waals surface area contributed by atoms with Crippen molar-refractivity contribution in [3.63, 3.8) is 0 Å². The molecule has 1 unspecified atom stereocenters. The van der Waals surface area contributed by atoms with Crippen molar-refractivity contribution in [2.24, 2.45) is 10.8 Å². The molecular weight excluding hydrogens is 353 g/mol. The Bertz CT molecular complexity index is 771. The average Bonchev–Trinajstić information content (AvgIpc) is 2.31. The lowest BCUT2D eigenvalue weighted by atomic mass is 9.69. The molecule has 1 aromatic rings. The normalized spacial score (nSPS) is 15.3. The summed E-state index contributed by atoms with van der Waals surface area (Å²) in [6.45, 7) is 12.8. The van der Waals surface area contributed by atoms with Gasteiger partial charge < -0.3 is 0 Å². The minimum Gasteiger partial charge on any atom is -0.206 e. The van der Waals surface area contributed by atoms with E-state index in [2.05, 4.69) is 41.5 Å². The average molecular weight is 380 g/mol. The highest BCUT2D eigenvalue weighted by Crippen LogP contribution is 2.43. The number of sulfonamides is 1. The molecule has 0 spiro atoms. The second kappa shape index (κ2) is 6.72. The van der Waals surface area contributed by atoms with Crippen LogP contribution in [0.1, 0.15) is 59.4 Å². The van der Waals surface area contributed by atoms with Gasteiger partial charge in [0.25, 0.3) is 10.0 Å². The lowest BCUT2D eigenvalue weighted by molar-refractivity contribution is 0.229. The first-order valence-electron chi connectivity index (χ1n) is 7.59. The molecule has 5 nitrogen and oxygen atoms in total. The molecule has 1 N–H and O–H groups in total. The van der Waals surface area contributed by atoms with Crippen LogP contribution in [0.2, 0.25) is 0 Å². The summed E-state index contributed by atoms with van der Waals surface area (Å²) in [5.41, 5.74) is 1.01. The summed E-state index contributed by atoms with van der Waals surface area (Å²) in [5, 5.41) is 0. The van der Waals surface area contributed by atoms with Crippen molar-refractivity contribution in [1.29, 1.82) is 0 Å². The van der Waals surface area contributed by atoms with E-state index in [1.807, 2.05) is 0 Å². The molecule has 24 heavy (non-hydrogen) atoms. The van der Waals surface area contributed by atoms with Crippen LogP contribution in [0.25, 0.3) is 0 Å². The van der Waals surface area contributed by atoms with E-state index in [-0.39, 0.29) is 21.6 Å². The fourth-order valence-corrected chi connectivity index (χ4v) is 4.52. The summed E-state index contributed by atoms with van der Waals surface area (Å²) in [6, 6.07) is 5.90. The Morgan fingerprint density at radius 3 is 1.75 bits per heavy atom. The van der Waals surface area contributed by atoms with E-state index in [0.717, 1.165) is 16.1 Å². The zero-order chi connectivity index (χ0) is 19.0. The van der Waals surface area contributed by atoms with Gasteiger partial charge >= 0.3 is 10.4 Å². The zero-order valence-electron chi connectivity index (χ0n) is 14.9. The Labute approximate surface area is 145 Å². The molecule has 0 radical (unpaired) electrons. The van der Waals surface area contributed by atoms with Crippen LogP contribution in [0, 0.1) is 10.8 Å². The Morgan fingerprint density at radius 2 is 1.42 bits per heavy atom. The molecule has 0 saturated heterocycles. The Morgan fingerprint density at radius 1 is 0.958 bits per heavy atom. The summed E-state index contributed by atoms with van der Waals surface area (Å²) in [6.07, 6.45) is 0.902. The third-order valence-corrected chi connectivity index (χ3v) is 6.23. The number of hydrogen-bond donors (Lipinski definition) is 1. The van der Waals surface area contributed by atoms with Gasteiger partial charge in [-0.2, -0.15) is 8.42 Å². The van der Waals surface area contributed by atoms with Crippen LogP contribution in [0.4, 0.5) is 3.89 Å². The van der Waals surface area contributed by atoms with Gasteiger partial charge in [0.15, 0.2) is 0 Å². The second-order valence-electron chi connectivity index (χ2n) is 8.28. The first-order valence-corrected chi connectivity index (χ1v) is 10.5. The maximum Gasteiger partial charge on any atom is 0.385 e. The van der Waals surface area contributed by atoms with Gasteiger partial charge in [0.1, 0.15) is 0 Å². The van der Waals surface area contributed by atoms with Gasteiger partial charge in [-0.15, -0.1) is 0 Å². The Hall–Kier alpha value is -0.990. The van der Waals surface area contributed by atoms with Crippen LogP contribution in [0.15, 0.2) is 29.2 Å². The highest BCUT2D eigenvalue weighted by molar-refractivity contribution is 8.02. The van der Waals surface area contributed by atoms with E-state index < -0.39 is 20.4 Å². The van der Waals surface area contributed by atoms with Crippen molar-refractivity contribution in [1.82, 2.24) is 4.13 Å². The van der Waals surface area contributed by atoms with Crippen molar-refractivity contribution in [3.8, 4) is 0 Å². The lowest BCUT2D eigenvalue weighted by Gasteiger charge is -2.36. The highest BCUT2D eigenvalue weighted by atomic mass is 32.3. The Kier molecular flexibility index (Phi) is 5.90. The minimum absolute atomic E-state index is 0.0335. The van der Waals surface area contributed by atoms with E-state index in [1.54, 1.807) is 12.1 Å². The third kappa shape index (κ3) is 6.49. The molecule has 0 aromatic heterocycles. The molecule has 0 heterocycles. The van der Waals surface area contributed by atoms with Crippen LogP contribution >= 0.6 is 0 Å². The monoisotopic (exact) mass is 379 g/mol. The SMILES string of the molecule is CC(C)(C)CC(c1ccc(S(=O)(=O)NS(=O)(=O)F)cc1)C(C)(C)C. The maximum atomic E-state index is 12.6. The standard InChI is InChI=1S/C16H26FNO4S2/c1-15(2,3)11-14(16(4,5)6)12-7-9-13(10-8-12)23(19,20)18-24(17,21)22/h7-10,14,18H,11H2,1-6H3. The number of benzene rings is 1. The smallest absolute Gasteiger partial charge is 0.206 e. The van der Waals surface area contributed by atoms with E-state index in [4.69, 9.17) is 0 Å². The van der Waals surface area contributed by atoms with Crippen LogP contribution in [-0.2, 0) is 20.4 Å².